The Morgan fingerprint density at radius 2 is 1.65 bits per heavy atom. The van der Waals surface area contributed by atoms with Gasteiger partial charge in [-0.2, -0.15) is 0 Å². The molecule has 1 N–H and O–H groups in total. The van der Waals surface area contributed by atoms with Gasteiger partial charge in [-0.15, -0.1) is 0 Å². The molecule has 0 unspecified atom stereocenters. The van der Waals surface area contributed by atoms with Crippen molar-refractivity contribution in [2.24, 2.45) is 0 Å². The summed E-state index contributed by atoms with van der Waals surface area (Å²) in [6.07, 6.45) is 1.87. The van der Waals surface area contributed by atoms with Crippen LogP contribution in [0.1, 0.15) is 12.8 Å². The molecule has 2 aromatic rings. The molecule has 1 aliphatic heterocycles. The Bertz CT molecular complexity index is 751. The standard InChI is InChI=1S/C17H18ClNO3S/c18-15-7-3-13(4-8-15)14-5-9-17(10-6-14)23(20,21)19-12-16-2-1-11-22-16/h3-10,16,19H,1-2,11-12H2/t16-/m1/s1. The summed E-state index contributed by atoms with van der Waals surface area (Å²) in [5.74, 6) is 0. The maximum Gasteiger partial charge on any atom is 0.240 e. The monoisotopic (exact) mass is 351 g/mol. The lowest BCUT2D eigenvalue weighted by Gasteiger charge is -2.11. The Hall–Kier alpha value is -1.40. The highest BCUT2D eigenvalue weighted by Crippen LogP contribution is 2.23. The van der Waals surface area contributed by atoms with E-state index in [2.05, 4.69) is 4.72 Å². The van der Waals surface area contributed by atoms with E-state index >= 15 is 0 Å². The van der Waals surface area contributed by atoms with Gasteiger partial charge in [-0.3, -0.25) is 0 Å². The van der Waals surface area contributed by atoms with Crippen molar-refractivity contribution in [1.29, 1.82) is 0 Å². The summed E-state index contributed by atoms with van der Waals surface area (Å²) in [6, 6.07) is 14.2. The Morgan fingerprint density at radius 1 is 1.04 bits per heavy atom. The Kier molecular flexibility index (Phi) is 5.02. The highest BCUT2D eigenvalue weighted by molar-refractivity contribution is 7.89. The number of hydrogen-bond acceptors (Lipinski definition) is 3. The lowest BCUT2D eigenvalue weighted by molar-refractivity contribution is 0.114. The number of hydrogen-bond donors (Lipinski definition) is 1. The normalized spacial score (nSPS) is 18.2. The molecule has 0 amide bonds. The van der Waals surface area contributed by atoms with Crippen LogP contribution in [0.4, 0.5) is 0 Å². The van der Waals surface area contributed by atoms with E-state index in [1.807, 2.05) is 24.3 Å². The molecule has 1 fully saturated rings. The van der Waals surface area contributed by atoms with E-state index < -0.39 is 10.0 Å². The Balaban J connectivity index is 1.71. The van der Waals surface area contributed by atoms with E-state index in [1.54, 1.807) is 24.3 Å². The zero-order valence-corrected chi connectivity index (χ0v) is 14.1. The summed E-state index contributed by atoms with van der Waals surface area (Å²) in [6.45, 7) is 1.03. The van der Waals surface area contributed by atoms with Crippen LogP contribution in [0.15, 0.2) is 53.4 Å². The summed E-state index contributed by atoms with van der Waals surface area (Å²) in [4.78, 5) is 0.258. The number of benzene rings is 2. The van der Waals surface area contributed by atoms with E-state index in [0.717, 1.165) is 24.0 Å². The van der Waals surface area contributed by atoms with Gasteiger partial charge in [0.25, 0.3) is 0 Å². The lowest BCUT2D eigenvalue weighted by atomic mass is 10.1. The molecule has 0 saturated carbocycles. The lowest BCUT2D eigenvalue weighted by Crippen LogP contribution is -2.31. The molecule has 0 aromatic heterocycles. The van der Waals surface area contributed by atoms with Gasteiger partial charge in [0.05, 0.1) is 11.0 Å². The van der Waals surface area contributed by atoms with Crippen LogP contribution in [0.25, 0.3) is 11.1 Å². The Morgan fingerprint density at radius 3 is 2.22 bits per heavy atom. The fourth-order valence-electron chi connectivity index (χ4n) is 2.56. The van der Waals surface area contributed by atoms with Gasteiger partial charge in [0.15, 0.2) is 0 Å². The van der Waals surface area contributed by atoms with Crippen molar-refractivity contribution in [2.75, 3.05) is 13.2 Å². The van der Waals surface area contributed by atoms with Gasteiger partial charge in [0.1, 0.15) is 0 Å². The molecule has 1 heterocycles. The van der Waals surface area contributed by atoms with E-state index in [1.165, 1.54) is 0 Å². The average molecular weight is 352 g/mol. The van der Waals surface area contributed by atoms with Crippen molar-refractivity contribution in [3.63, 3.8) is 0 Å². The predicted octanol–water partition coefficient (Wildman–Crippen LogP) is 3.46. The second-order valence-corrected chi connectivity index (χ2v) is 7.72. The first-order chi connectivity index (χ1) is 11.0. The minimum absolute atomic E-state index is 0.0156. The third-order valence-corrected chi connectivity index (χ3v) is 5.56. The molecule has 2 aromatic carbocycles. The molecule has 0 radical (unpaired) electrons. The van der Waals surface area contributed by atoms with E-state index in [-0.39, 0.29) is 11.0 Å². The topological polar surface area (TPSA) is 55.4 Å². The second-order valence-electron chi connectivity index (χ2n) is 5.52. The zero-order chi connectivity index (χ0) is 16.3. The number of rotatable bonds is 5. The molecule has 122 valence electrons. The summed E-state index contributed by atoms with van der Waals surface area (Å²) in [5, 5.41) is 0.672. The van der Waals surface area contributed by atoms with Crippen LogP contribution in [0.2, 0.25) is 5.02 Å². The highest BCUT2D eigenvalue weighted by Gasteiger charge is 2.20. The minimum Gasteiger partial charge on any atom is -0.377 e. The van der Waals surface area contributed by atoms with Crippen molar-refractivity contribution in [2.45, 2.75) is 23.8 Å². The summed E-state index contributed by atoms with van der Waals surface area (Å²) < 4.78 is 32.6. The second kappa shape index (κ2) is 7.01. The van der Waals surface area contributed by atoms with Crippen LogP contribution in [0.5, 0.6) is 0 Å². The summed E-state index contributed by atoms with van der Waals surface area (Å²) >= 11 is 5.87. The van der Waals surface area contributed by atoms with Crippen molar-refractivity contribution >= 4 is 21.6 Å². The largest absolute Gasteiger partial charge is 0.377 e. The van der Waals surface area contributed by atoms with Crippen molar-refractivity contribution in [1.82, 2.24) is 4.72 Å². The van der Waals surface area contributed by atoms with Crippen LogP contribution in [-0.4, -0.2) is 27.7 Å². The van der Waals surface area contributed by atoms with Crippen LogP contribution < -0.4 is 4.72 Å². The smallest absolute Gasteiger partial charge is 0.240 e. The van der Waals surface area contributed by atoms with E-state index in [0.29, 0.717) is 18.2 Å². The quantitative estimate of drug-likeness (QED) is 0.897. The third-order valence-electron chi connectivity index (χ3n) is 3.87. The van der Waals surface area contributed by atoms with Gasteiger partial charge in [-0.05, 0) is 48.2 Å². The molecule has 0 bridgehead atoms. The van der Waals surface area contributed by atoms with Gasteiger partial charge < -0.3 is 4.74 Å². The van der Waals surface area contributed by atoms with Gasteiger partial charge in [0.2, 0.25) is 10.0 Å². The summed E-state index contributed by atoms with van der Waals surface area (Å²) in [7, 11) is -3.50. The van der Waals surface area contributed by atoms with Crippen LogP contribution in [0, 0.1) is 0 Å². The SMILES string of the molecule is O=S(=O)(NC[C@H]1CCCO1)c1ccc(-c2ccc(Cl)cc2)cc1. The molecule has 23 heavy (non-hydrogen) atoms. The molecule has 0 aliphatic carbocycles. The molecule has 6 heteroatoms. The minimum atomic E-state index is -3.50. The first-order valence-electron chi connectivity index (χ1n) is 7.52. The van der Waals surface area contributed by atoms with Crippen molar-refractivity contribution in [3.05, 3.63) is 53.6 Å². The predicted molar refractivity (Wildman–Crippen MR) is 91.1 cm³/mol. The zero-order valence-electron chi connectivity index (χ0n) is 12.5. The highest BCUT2D eigenvalue weighted by atomic mass is 35.5. The fourth-order valence-corrected chi connectivity index (χ4v) is 3.75. The Labute approximate surface area is 141 Å². The number of nitrogens with one attached hydrogen (secondary N) is 1. The molecule has 0 spiro atoms. The van der Waals surface area contributed by atoms with E-state index in [9.17, 15) is 8.42 Å². The van der Waals surface area contributed by atoms with Gasteiger partial charge in [0, 0.05) is 18.2 Å². The number of halogens is 1. The van der Waals surface area contributed by atoms with Gasteiger partial charge in [-0.25, -0.2) is 13.1 Å². The van der Waals surface area contributed by atoms with Crippen LogP contribution >= 0.6 is 11.6 Å². The van der Waals surface area contributed by atoms with Gasteiger partial charge >= 0.3 is 0 Å². The molecule has 1 atom stereocenters. The van der Waals surface area contributed by atoms with E-state index in [4.69, 9.17) is 16.3 Å². The van der Waals surface area contributed by atoms with Crippen LogP contribution in [-0.2, 0) is 14.8 Å². The fraction of sp³-hybridized carbons (Fsp3) is 0.294. The molecule has 1 aliphatic rings. The van der Waals surface area contributed by atoms with Crippen molar-refractivity contribution in [3.8, 4) is 11.1 Å². The maximum atomic E-state index is 12.3. The molecular weight excluding hydrogens is 334 g/mol. The van der Waals surface area contributed by atoms with Gasteiger partial charge in [-0.1, -0.05) is 35.9 Å². The molecule has 3 rings (SSSR count). The molecular formula is C17H18ClNO3S. The first kappa shape index (κ1) is 16.5. The maximum absolute atomic E-state index is 12.3. The molecule has 1 saturated heterocycles. The first-order valence-corrected chi connectivity index (χ1v) is 9.38. The number of ether oxygens (including phenoxy) is 1. The summed E-state index contributed by atoms with van der Waals surface area (Å²) in [5.41, 5.74) is 1.94. The third kappa shape index (κ3) is 4.12. The number of sulfonamides is 1. The molecule has 4 nitrogen and oxygen atoms in total. The van der Waals surface area contributed by atoms with Crippen molar-refractivity contribution < 1.29 is 13.2 Å². The average Bonchev–Trinajstić information content (AvgIpc) is 3.08. The van der Waals surface area contributed by atoms with Crippen LogP contribution in [0.3, 0.4) is 0 Å².